The van der Waals surface area contributed by atoms with E-state index in [1.165, 1.54) is 0 Å². The van der Waals surface area contributed by atoms with E-state index in [0.717, 1.165) is 24.1 Å². The summed E-state index contributed by atoms with van der Waals surface area (Å²) in [4.78, 5) is 0. The average Bonchev–Trinajstić information content (AvgIpc) is 1.82. The molecule has 0 aromatic rings. The maximum atomic E-state index is 8.01. The number of nitrogens with one attached hydrogen (secondary N) is 1. The normalized spacial score (nSPS) is 13.9. The van der Waals surface area contributed by atoms with Crippen molar-refractivity contribution < 1.29 is 0 Å². The Hall–Kier alpha value is -0.373. The van der Waals surface area contributed by atoms with Crippen LogP contribution in [0.3, 0.4) is 0 Å². The fourth-order valence-corrected chi connectivity index (χ4v) is 4.20. The molecule has 0 aliphatic rings. The van der Waals surface area contributed by atoms with Crippen LogP contribution < -0.4 is 0 Å². The quantitative estimate of drug-likeness (QED) is 0.390. The van der Waals surface area contributed by atoms with Gasteiger partial charge in [-0.3, -0.25) is 0 Å². The third kappa shape index (κ3) is 4.41. The molecular weight excluding hydrogens is 174 g/mol. The van der Waals surface area contributed by atoms with Gasteiger partial charge in [0.25, 0.3) is 0 Å². The van der Waals surface area contributed by atoms with Gasteiger partial charge in [0, 0.05) is 12.1 Å². The molecule has 0 radical (unpaired) electrons. The van der Waals surface area contributed by atoms with Gasteiger partial charge in [-0.15, -0.1) is 0 Å². The van der Waals surface area contributed by atoms with Crippen LogP contribution in [0.2, 0.25) is 25.2 Å². The first-order chi connectivity index (χ1) is 5.79. The van der Waals surface area contributed by atoms with Gasteiger partial charge in [-0.2, -0.15) is 0 Å². The van der Waals surface area contributed by atoms with Crippen molar-refractivity contribution in [3.8, 4) is 0 Å². The molecule has 2 heteroatoms. The maximum absolute atomic E-state index is 8.01. The van der Waals surface area contributed by atoms with Gasteiger partial charge in [-0.25, -0.2) is 0 Å². The van der Waals surface area contributed by atoms with Crippen molar-refractivity contribution in [3.63, 3.8) is 0 Å². The second-order valence-corrected chi connectivity index (χ2v) is 10.4. The highest BCUT2D eigenvalue weighted by Crippen LogP contribution is 2.28. The molecule has 13 heavy (non-hydrogen) atoms. The first-order valence-corrected chi connectivity index (χ1v) is 8.58. The molecular formula is C11H23NSi. The molecule has 0 aromatic heterocycles. The van der Waals surface area contributed by atoms with Crippen molar-refractivity contribution in [2.75, 3.05) is 0 Å². The van der Waals surface area contributed by atoms with Crippen LogP contribution in [0, 0.1) is 5.41 Å². The Labute approximate surface area is 83.8 Å². The Kier molecular flexibility index (Phi) is 4.61. The maximum Gasteiger partial charge on any atom is 0.0536 e. The van der Waals surface area contributed by atoms with Crippen LogP contribution in [0.15, 0.2) is 12.2 Å². The van der Waals surface area contributed by atoms with E-state index in [0.29, 0.717) is 5.54 Å². The van der Waals surface area contributed by atoms with Crippen LogP contribution in [0.1, 0.15) is 26.7 Å². The monoisotopic (exact) mass is 197 g/mol. The van der Waals surface area contributed by atoms with Gasteiger partial charge in [0.1, 0.15) is 0 Å². The topological polar surface area (TPSA) is 23.9 Å². The number of hydrogen-bond acceptors (Lipinski definition) is 1. The van der Waals surface area contributed by atoms with Crippen molar-refractivity contribution in [2.45, 2.75) is 51.9 Å². The summed E-state index contributed by atoms with van der Waals surface area (Å²) in [5.41, 5.74) is 2.54. The lowest BCUT2D eigenvalue weighted by molar-refractivity contribution is 0.923. The van der Waals surface area contributed by atoms with Crippen molar-refractivity contribution in [3.05, 3.63) is 12.2 Å². The minimum absolute atomic E-state index is 0.532. The summed E-state index contributed by atoms with van der Waals surface area (Å²) in [5.74, 6) is 0. The molecule has 0 spiro atoms. The lowest BCUT2D eigenvalue weighted by Crippen LogP contribution is -2.33. The van der Waals surface area contributed by atoms with Gasteiger partial charge in [-0.05, 0) is 12.5 Å². The smallest absolute Gasteiger partial charge is 0.0536 e. The lowest BCUT2D eigenvalue weighted by atomic mass is 10.1. The van der Waals surface area contributed by atoms with Crippen molar-refractivity contribution >= 4 is 13.8 Å². The van der Waals surface area contributed by atoms with Crippen LogP contribution >= 0.6 is 0 Å². The summed E-state index contributed by atoms with van der Waals surface area (Å²) in [5, 5.41) is 8.01. The van der Waals surface area contributed by atoms with E-state index in [-0.39, 0.29) is 0 Å². The third-order valence-corrected chi connectivity index (χ3v) is 5.21. The lowest BCUT2D eigenvalue weighted by Gasteiger charge is -2.28. The van der Waals surface area contributed by atoms with E-state index in [4.69, 9.17) is 5.41 Å². The van der Waals surface area contributed by atoms with Crippen LogP contribution in [-0.2, 0) is 0 Å². The van der Waals surface area contributed by atoms with Gasteiger partial charge in [0.05, 0.1) is 8.07 Å². The highest BCUT2D eigenvalue weighted by Gasteiger charge is 2.28. The van der Waals surface area contributed by atoms with Gasteiger partial charge < -0.3 is 5.41 Å². The van der Waals surface area contributed by atoms with E-state index < -0.39 is 8.07 Å². The second-order valence-electron chi connectivity index (χ2n) is 4.99. The second kappa shape index (κ2) is 4.75. The number of allylic oxidation sites excluding steroid dienone is 1. The Bertz CT molecular complexity index is 201. The van der Waals surface area contributed by atoms with Gasteiger partial charge >= 0.3 is 0 Å². The predicted molar refractivity (Wildman–Crippen MR) is 64.5 cm³/mol. The highest BCUT2D eigenvalue weighted by molar-refractivity contribution is 6.80. The minimum Gasteiger partial charge on any atom is -0.309 e. The highest BCUT2D eigenvalue weighted by atomic mass is 28.3. The summed E-state index contributed by atoms with van der Waals surface area (Å²) < 4.78 is 0. The van der Waals surface area contributed by atoms with E-state index >= 15 is 0 Å². The first kappa shape index (κ1) is 12.6. The molecule has 0 rings (SSSR count). The summed E-state index contributed by atoms with van der Waals surface area (Å²) in [6.45, 7) is 15.1. The molecule has 0 aliphatic heterocycles. The Morgan fingerprint density at radius 2 is 1.85 bits per heavy atom. The van der Waals surface area contributed by atoms with E-state index in [1.807, 2.05) is 6.92 Å². The van der Waals surface area contributed by atoms with Crippen molar-refractivity contribution in [2.24, 2.45) is 0 Å². The molecule has 0 aromatic carbocycles. The molecule has 0 amide bonds. The fourth-order valence-electron chi connectivity index (χ4n) is 1.83. The molecule has 1 nitrogen and oxygen atoms in total. The summed E-state index contributed by atoms with van der Waals surface area (Å²) in [6, 6.07) is 0. The number of rotatable bonds is 5. The van der Waals surface area contributed by atoms with Gasteiger partial charge in [-0.1, -0.05) is 45.1 Å². The largest absolute Gasteiger partial charge is 0.309 e. The molecule has 0 saturated heterocycles. The first-order valence-electron chi connectivity index (χ1n) is 5.00. The molecule has 0 heterocycles. The molecule has 76 valence electrons. The SMILES string of the molecule is C=C(C)CC(=N)C(CC)[Si](C)(C)C. The standard InChI is InChI=1S/C11H23NSi/c1-7-11(13(4,5)6)10(12)8-9(2)3/h11-12H,2,7-8H2,1,3-6H3. The van der Waals surface area contributed by atoms with E-state index in [9.17, 15) is 0 Å². The summed E-state index contributed by atoms with van der Waals surface area (Å²) >= 11 is 0. The molecule has 0 fully saturated rings. The zero-order chi connectivity index (χ0) is 10.6. The Morgan fingerprint density at radius 1 is 1.38 bits per heavy atom. The van der Waals surface area contributed by atoms with E-state index in [2.05, 4.69) is 33.1 Å². The van der Waals surface area contributed by atoms with Crippen molar-refractivity contribution in [1.29, 1.82) is 5.41 Å². The third-order valence-electron chi connectivity index (χ3n) is 2.37. The summed E-state index contributed by atoms with van der Waals surface area (Å²) in [7, 11) is -1.18. The number of hydrogen-bond donors (Lipinski definition) is 1. The molecule has 1 unspecified atom stereocenters. The zero-order valence-electron chi connectivity index (χ0n) is 9.70. The van der Waals surface area contributed by atoms with Crippen LogP contribution in [0.25, 0.3) is 0 Å². The molecule has 0 saturated carbocycles. The Balaban J connectivity index is 4.42. The predicted octanol–water partition coefficient (Wildman–Crippen LogP) is 4.09. The minimum atomic E-state index is -1.18. The Morgan fingerprint density at radius 3 is 2.08 bits per heavy atom. The molecule has 0 aliphatic carbocycles. The molecule has 1 atom stereocenters. The van der Waals surface area contributed by atoms with Crippen molar-refractivity contribution in [1.82, 2.24) is 0 Å². The van der Waals surface area contributed by atoms with Crippen LogP contribution in [0.4, 0.5) is 0 Å². The fraction of sp³-hybridized carbons (Fsp3) is 0.727. The van der Waals surface area contributed by atoms with Crippen LogP contribution in [0.5, 0.6) is 0 Å². The van der Waals surface area contributed by atoms with Gasteiger partial charge in [0.15, 0.2) is 0 Å². The van der Waals surface area contributed by atoms with Crippen LogP contribution in [-0.4, -0.2) is 13.8 Å². The van der Waals surface area contributed by atoms with E-state index in [1.54, 1.807) is 0 Å². The summed E-state index contributed by atoms with van der Waals surface area (Å²) in [6.07, 6.45) is 1.91. The van der Waals surface area contributed by atoms with Gasteiger partial charge in [0.2, 0.25) is 0 Å². The molecule has 0 bridgehead atoms. The average molecular weight is 197 g/mol. The molecule has 1 N–H and O–H groups in total. The zero-order valence-corrected chi connectivity index (χ0v) is 10.7.